The molecular weight excluding hydrogens is 230 g/mol. The second-order valence-corrected chi connectivity index (χ2v) is 5.35. The van der Waals surface area contributed by atoms with E-state index in [4.69, 9.17) is 9.47 Å². The van der Waals surface area contributed by atoms with Crippen molar-refractivity contribution in [2.45, 2.75) is 38.5 Å². The molecule has 108 valence electrons. The first-order chi connectivity index (χ1) is 8.83. The Hall–Kier alpha value is -0.160. The van der Waals surface area contributed by atoms with Gasteiger partial charge in [0.25, 0.3) is 0 Å². The molecule has 0 heterocycles. The number of hydrogen-bond donors (Lipinski definition) is 2. The van der Waals surface area contributed by atoms with Gasteiger partial charge in [-0.2, -0.15) is 0 Å². The van der Waals surface area contributed by atoms with Crippen LogP contribution in [-0.2, 0) is 9.47 Å². The summed E-state index contributed by atoms with van der Waals surface area (Å²) in [5.74, 6) is 0. The van der Waals surface area contributed by atoms with Crippen LogP contribution < -0.4 is 5.32 Å². The molecule has 0 aliphatic heterocycles. The van der Waals surface area contributed by atoms with Crippen molar-refractivity contribution in [2.24, 2.45) is 5.41 Å². The molecular formula is C14H29NO3. The number of rotatable bonds is 10. The lowest BCUT2D eigenvalue weighted by Crippen LogP contribution is -2.39. The smallest absolute Gasteiger partial charge is 0.0700 e. The molecule has 0 aromatic heterocycles. The van der Waals surface area contributed by atoms with Crippen molar-refractivity contribution in [3.05, 3.63) is 0 Å². The van der Waals surface area contributed by atoms with Crippen LogP contribution in [0.3, 0.4) is 0 Å². The van der Waals surface area contributed by atoms with E-state index >= 15 is 0 Å². The van der Waals surface area contributed by atoms with Gasteiger partial charge in [-0.25, -0.2) is 0 Å². The standard InChI is InChI=1S/C14H29NO3/c1-17-10-11-18-9-5-8-15-12-14(13-16)6-3-2-4-7-14/h15-16H,2-13H2,1H3. The highest BCUT2D eigenvalue weighted by Gasteiger charge is 2.30. The molecule has 0 spiro atoms. The molecule has 0 atom stereocenters. The monoisotopic (exact) mass is 259 g/mol. The Labute approximate surface area is 111 Å². The Kier molecular flexibility index (Phi) is 8.59. The largest absolute Gasteiger partial charge is 0.396 e. The van der Waals surface area contributed by atoms with Gasteiger partial charge in [-0.15, -0.1) is 0 Å². The Morgan fingerprint density at radius 2 is 1.89 bits per heavy atom. The van der Waals surface area contributed by atoms with Crippen molar-refractivity contribution in [3.8, 4) is 0 Å². The van der Waals surface area contributed by atoms with E-state index in [0.717, 1.165) is 26.1 Å². The minimum Gasteiger partial charge on any atom is -0.396 e. The van der Waals surface area contributed by atoms with E-state index in [9.17, 15) is 5.11 Å². The first-order valence-electron chi connectivity index (χ1n) is 7.21. The van der Waals surface area contributed by atoms with Crippen LogP contribution in [0, 0.1) is 5.41 Å². The molecule has 0 bridgehead atoms. The number of nitrogens with one attached hydrogen (secondary N) is 1. The Morgan fingerprint density at radius 3 is 2.56 bits per heavy atom. The van der Waals surface area contributed by atoms with Crippen LogP contribution >= 0.6 is 0 Å². The van der Waals surface area contributed by atoms with Gasteiger partial charge < -0.3 is 19.9 Å². The summed E-state index contributed by atoms with van der Waals surface area (Å²) in [6, 6.07) is 0. The molecule has 4 heteroatoms. The quantitative estimate of drug-likeness (QED) is 0.585. The van der Waals surface area contributed by atoms with Gasteiger partial charge in [-0.05, 0) is 25.8 Å². The fourth-order valence-corrected chi connectivity index (χ4v) is 2.59. The summed E-state index contributed by atoms with van der Waals surface area (Å²) in [6.45, 7) is 4.36. The van der Waals surface area contributed by atoms with E-state index in [0.29, 0.717) is 19.8 Å². The zero-order valence-corrected chi connectivity index (χ0v) is 11.7. The average Bonchev–Trinajstić information content (AvgIpc) is 2.43. The Balaban J connectivity index is 1.98. The topological polar surface area (TPSA) is 50.7 Å². The predicted molar refractivity (Wildman–Crippen MR) is 72.8 cm³/mol. The van der Waals surface area contributed by atoms with Crippen molar-refractivity contribution >= 4 is 0 Å². The van der Waals surface area contributed by atoms with Gasteiger partial charge >= 0.3 is 0 Å². The van der Waals surface area contributed by atoms with Crippen molar-refractivity contribution < 1.29 is 14.6 Å². The second kappa shape index (κ2) is 9.73. The highest BCUT2D eigenvalue weighted by atomic mass is 16.5. The molecule has 1 fully saturated rings. The number of methoxy groups -OCH3 is 1. The average molecular weight is 259 g/mol. The van der Waals surface area contributed by atoms with Crippen molar-refractivity contribution in [1.82, 2.24) is 5.32 Å². The van der Waals surface area contributed by atoms with E-state index in [-0.39, 0.29) is 5.41 Å². The minimum atomic E-state index is 0.148. The highest BCUT2D eigenvalue weighted by molar-refractivity contribution is 4.84. The molecule has 0 radical (unpaired) electrons. The molecule has 18 heavy (non-hydrogen) atoms. The third-order valence-corrected chi connectivity index (χ3v) is 3.82. The number of aliphatic hydroxyl groups is 1. The number of hydrogen-bond acceptors (Lipinski definition) is 4. The minimum absolute atomic E-state index is 0.148. The van der Waals surface area contributed by atoms with Crippen molar-refractivity contribution in [3.63, 3.8) is 0 Å². The molecule has 1 saturated carbocycles. The van der Waals surface area contributed by atoms with Crippen LogP contribution in [0.1, 0.15) is 38.5 Å². The van der Waals surface area contributed by atoms with Crippen molar-refractivity contribution in [1.29, 1.82) is 0 Å². The summed E-state index contributed by atoms with van der Waals surface area (Å²) in [6.07, 6.45) is 7.22. The van der Waals surface area contributed by atoms with Gasteiger partial charge in [0.1, 0.15) is 0 Å². The predicted octanol–water partition coefficient (Wildman–Crippen LogP) is 1.57. The summed E-state index contributed by atoms with van der Waals surface area (Å²) >= 11 is 0. The summed E-state index contributed by atoms with van der Waals surface area (Å²) < 4.78 is 10.3. The van der Waals surface area contributed by atoms with E-state index in [1.165, 1.54) is 32.1 Å². The lowest BCUT2D eigenvalue weighted by Gasteiger charge is -2.35. The van der Waals surface area contributed by atoms with Crippen LogP contribution in [-0.4, -0.2) is 51.7 Å². The van der Waals surface area contributed by atoms with Crippen LogP contribution in [0.4, 0.5) is 0 Å². The Morgan fingerprint density at radius 1 is 1.11 bits per heavy atom. The van der Waals surface area contributed by atoms with Gasteiger partial charge in [0.2, 0.25) is 0 Å². The summed E-state index contributed by atoms with van der Waals surface area (Å²) in [4.78, 5) is 0. The van der Waals surface area contributed by atoms with Crippen LogP contribution in [0.25, 0.3) is 0 Å². The van der Waals surface area contributed by atoms with Crippen LogP contribution in [0.5, 0.6) is 0 Å². The molecule has 1 rings (SSSR count). The molecule has 0 aromatic rings. The summed E-state index contributed by atoms with van der Waals surface area (Å²) in [7, 11) is 1.68. The molecule has 0 unspecified atom stereocenters. The first kappa shape index (κ1) is 15.9. The van der Waals surface area contributed by atoms with Gasteiger partial charge in [-0.3, -0.25) is 0 Å². The lowest BCUT2D eigenvalue weighted by atomic mass is 9.74. The van der Waals surface area contributed by atoms with Crippen LogP contribution in [0.15, 0.2) is 0 Å². The highest BCUT2D eigenvalue weighted by Crippen LogP contribution is 2.35. The maximum absolute atomic E-state index is 9.56. The molecule has 0 saturated heterocycles. The van der Waals surface area contributed by atoms with E-state index in [2.05, 4.69) is 5.32 Å². The Bertz CT molecular complexity index is 193. The zero-order chi connectivity index (χ0) is 13.1. The summed E-state index contributed by atoms with van der Waals surface area (Å²) in [5, 5.41) is 13.0. The summed E-state index contributed by atoms with van der Waals surface area (Å²) in [5.41, 5.74) is 0.148. The van der Waals surface area contributed by atoms with Gasteiger partial charge in [0.05, 0.1) is 13.2 Å². The fourth-order valence-electron chi connectivity index (χ4n) is 2.59. The van der Waals surface area contributed by atoms with E-state index in [1.807, 2.05) is 0 Å². The maximum Gasteiger partial charge on any atom is 0.0700 e. The maximum atomic E-state index is 9.56. The number of ether oxygens (including phenoxy) is 2. The molecule has 4 nitrogen and oxygen atoms in total. The molecule has 0 amide bonds. The van der Waals surface area contributed by atoms with Crippen molar-refractivity contribution in [2.75, 3.05) is 46.6 Å². The van der Waals surface area contributed by atoms with Crippen LogP contribution in [0.2, 0.25) is 0 Å². The third kappa shape index (κ3) is 6.14. The fraction of sp³-hybridized carbons (Fsp3) is 1.00. The first-order valence-corrected chi connectivity index (χ1v) is 7.21. The molecule has 1 aliphatic carbocycles. The second-order valence-electron chi connectivity index (χ2n) is 5.35. The van der Waals surface area contributed by atoms with Gasteiger partial charge in [0, 0.05) is 32.3 Å². The zero-order valence-electron chi connectivity index (χ0n) is 11.7. The van der Waals surface area contributed by atoms with E-state index in [1.54, 1.807) is 7.11 Å². The SMILES string of the molecule is COCCOCCCNCC1(CO)CCCCC1. The third-order valence-electron chi connectivity index (χ3n) is 3.82. The molecule has 1 aliphatic rings. The molecule has 0 aromatic carbocycles. The van der Waals surface area contributed by atoms with E-state index < -0.39 is 0 Å². The lowest BCUT2D eigenvalue weighted by molar-refractivity contribution is 0.0659. The van der Waals surface area contributed by atoms with Gasteiger partial charge in [0.15, 0.2) is 0 Å². The number of aliphatic hydroxyl groups excluding tert-OH is 1. The van der Waals surface area contributed by atoms with Gasteiger partial charge in [-0.1, -0.05) is 19.3 Å². The normalized spacial score (nSPS) is 19.0. The molecule has 2 N–H and O–H groups in total.